The highest BCUT2D eigenvalue weighted by Crippen LogP contribution is 2.33. The van der Waals surface area contributed by atoms with Gasteiger partial charge in [-0.15, -0.1) is 0 Å². The molecule has 2 aromatic rings. The van der Waals surface area contributed by atoms with Crippen molar-refractivity contribution in [3.05, 3.63) is 40.6 Å². The van der Waals surface area contributed by atoms with Crippen LogP contribution >= 0.6 is 0 Å². The van der Waals surface area contributed by atoms with Crippen LogP contribution in [-0.2, 0) is 13.0 Å². The van der Waals surface area contributed by atoms with Gasteiger partial charge in [-0.2, -0.15) is 15.2 Å². The monoisotopic (exact) mass is 489 g/mol. The van der Waals surface area contributed by atoms with Crippen molar-refractivity contribution < 1.29 is 4.74 Å². The van der Waals surface area contributed by atoms with Crippen molar-refractivity contribution in [3.8, 4) is 12.1 Å². The van der Waals surface area contributed by atoms with E-state index in [-0.39, 0.29) is 6.04 Å². The fourth-order valence-corrected chi connectivity index (χ4v) is 5.82. The fraction of sp³-hybridized carbons (Fsp3) is 0.607. The Hall–Kier alpha value is -2.89. The Balaban J connectivity index is 1.45. The van der Waals surface area contributed by atoms with E-state index < -0.39 is 0 Å². The molecule has 2 fully saturated rings. The number of likely N-dealkylation sites (N-methyl/N-ethyl adjacent to an activating group) is 2. The number of rotatable bonds is 6. The second-order valence-electron chi connectivity index (χ2n) is 10.7. The quantitative estimate of drug-likeness (QED) is 0.613. The molecule has 0 saturated carbocycles. The van der Waals surface area contributed by atoms with E-state index in [9.17, 15) is 5.26 Å². The standard InChI is InChI=1S/C28H39N7O/c1-20-7-5-9-26(21(20)2)34-14-11-24-25(18-34)30-28(36-19-23-8-6-13-32(23)3)31-27(24)35-16-15-33(4)22(17-35)10-12-29/h5,7,9,22-23H,6,8,10-11,13-19H2,1-4H3/t22-,23-/m0/s1. The molecule has 0 spiro atoms. The Morgan fingerprint density at radius 1 is 1.03 bits per heavy atom. The first-order valence-corrected chi connectivity index (χ1v) is 13.3. The molecular formula is C28H39N7O. The zero-order chi connectivity index (χ0) is 25.2. The number of aromatic nitrogens is 2. The van der Waals surface area contributed by atoms with Crippen LogP contribution in [0.5, 0.6) is 6.01 Å². The third-order valence-electron chi connectivity index (χ3n) is 8.42. The second kappa shape index (κ2) is 10.6. The summed E-state index contributed by atoms with van der Waals surface area (Å²) in [5.41, 5.74) is 6.23. The minimum absolute atomic E-state index is 0.209. The van der Waals surface area contributed by atoms with Crippen LogP contribution < -0.4 is 14.5 Å². The third kappa shape index (κ3) is 5.00. The molecule has 8 heteroatoms. The van der Waals surface area contributed by atoms with Crippen molar-refractivity contribution in [2.24, 2.45) is 0 Å². The summed E-state index contributed by atoms with van der Waals surface area (Å²) in [7, 11) is 4.28. The van der Waals surface area contributed by atoms with E-state index in [0.29, 0.717) is 25.1 Å². The van der Waals surface area contributed by atoms with E-state index in [1.807, 2.05) is 0 Å². The Bertz CT molecular complexity index is 1130. The first-order chi connectivity index (χ1) is 17.4. The first-order valence-electron chi connectivity index (χ1n) is 13.3. The maximum atomic E-state index is 9.35. The maximum Gasteiger partial charge on any atom is 0.318 e. The van der Waals surface area contributed by atoms with Crippen LogP contribution in [0.1, 0.15) is 41.6 Å². The maximum absolute atomic E-state index is 9.35. The van der Waals surface area contributed by atoms with Crippen LogP contribution in [0.25, 0.3) is 0 Å². The van der Waals surface area contributed by atoms with Crippen LogP contribution in [0, 0.1) is 25.2 Å². The van der Waals surface area contributed by atoms with Gasteiger partial charge in [-0.25, -0.2) is 0 Å². The van der Waals surface area contributed by atoms with E-state index in [1.54, 1.807) is 0 Å². The average molecular weight is 490 g/mol. The summed E-state index contributed by atoms with van der Waals surface area (Å²) < 4.78 is 6.27. The molecule has 0 unspecified atom stereocenters. The van der Waals surface area contributed by atoms with Crippen LogP contribution in [0.4, 0.5) is 11.5 Å². The van der Waals surface area contributed by atoms with Crippen molar-refractivity contribution in [2.75, 3.05) is 63.2 Å². The van der Waals surface area contributed by atoms with E-state index in [4.69, 9.17) is 14.7 Å². The van der Waals surface area contributed by atoms with Gasteiger partial charge in [0.2, 0.25) is 0 Å². The molecular weight excluding hydrogens is 450 g/mol. The second-order valence-corrected chi connectivity index (χ2v) is 10.7. The molecule has 2 atom stereocenters. The minimum Gasteiger partial charge on any atom is -0.462 e. The van der Waals surface area contributed by atoms with Gasteiger partial charge >= 0.3 is 6.01 Å². The van der Waals surface area contributed by atoms with Gasteiger partial charge in [-0.3, -0.25) is 4.90 Å². The van der Waals surface area contributed by atoms with Gasteiger partial charge in [-0.1, -0.05) is 12.1 Å². The molecule has 0 N–H and O–H groups in total. The fourth-order valence-electron chi connectivity index (χ4n) is 5.82. The normalized spacial score (nSPS) is 23.0. The topological polar surface area (TPSA) is 71.8 Å². The van der Waals surface area contributed by atoms with Gasteiger partial charge < -0.3 is 19.4 Å². The van der Waals surface area contributed by atoms with Crippen molar-refractivity contribution in [1.82, 2.24) is 19.8 Å². The number of piperazine rings is 1. The highest BCUT2D eigenvalue weighted by Gasteiger charge is 2.31. The largest absolute Gasteiger partial charge is 0.462 e. The summed E-state index contributed by atoms with van der Waals surface area (Å²) in [5, 5.41) is 9.35. The predicted octanol–water partition coefficient (Wildman–Crippen LogP) is 3.16. The summed E-state index contributed by atoms with van der Waals surface area (Å²) in [5.74, 6) is 1.01. The van der Waals surface area contributed by atoms with Gasteiger partial charge in [0.15, 0.2) is 0 Å². The lowest BCUT2D eigenvalue weighted by Gasteiger charge is -2.41. The Morgan fingerprint density at radius 2 is 1.86 bits per heavy atom. The molecule has 192 valence electrons. The number of aryl methyl sites for hydroxylation is 1. The highest BCUT2D eigenvalue weighted by molar-refractivity contribution is 5.59. The lowest BCUT2D eigenvalue weighted by molar-refractivity contribution is 0.186. The summed E-state index contributed by atoms with van der Waals surface area (Å²) in [4.78, 5) is 19.4. The summed E-state index contributed by atoms with van der Waals surface area (Å²) in [6.45, 7) is 10.4. The van der Waals surface area contributed by atoms with E-state index in [1.165, 1.54) is 28.8 Å². The molecule has 8 nitrogen and oxygen atoms in total. The van der Waals surface area contributed by atoms with Gasteiger partial charge in [0.25, 0.3) is 0 Å². The van der Waals surface area contributed by atoms with Crippen LogP contribution in [0.3, 0.4) is 0 Å². The number of nitrogens with zero attached hydrogens (tertiary/aromatic N) is 7. The molecule has 0 radical (unpaired) electrons. The Morgan fingerprint density at radius 3 is 2.64 bits per heavy atom. The molecule has 3 aliphatic heterocycles. The number of likely N-dealkylation sites (tertiary alicyclic amines) is 1. The Kier molecular flexibility index (Phi) is 7.31. The van der Waals surface area contributed by atoms with E-state index in [0.717, 1.165) is 63.6 Å². The van der Waals surface area contributed by atoms with Crippen molar-refractivity contribution in [1.29, 1.82) is 5.26 Å². The summed E-state index contributed by atoms with van der Waals surface area (Å²) >= 11 is 0. The molecule has 4 heterocycles. The summed E-state index contributed by atoms with van der Waals surface area (Å²) in [6, 6.07) is 10.0. The number of hydrogen-bond acceptors (Lipinski definition) is 8. The lowest BCUT2D eigenvalue weighted by atomic mass is 10.0. The number of nitriles is 1. The van der Waals surface area contributed by atoms with Crippen LogP contribution in [0.2, 0.25) is 0 Å². The zero-order valence-corrected chi connectivity index (χ0v) is 22.2. The molecule has 0 aliphatic carbocycles. The van der Waals surface area contributed by atoms with Crippen molar-refractivity contribution in [3.63, 3.8) is 0 Å². The van der Waals surface area contributed by atoms with Crippen LogP contribution in [0.15, 0.2) is 18.2 Å². The van der Waals surface area contributed by atoms with Crippen molar-refractivity contribution >= 4 is 11.5 Å². The molecule has 0 amide bonds. The van der Waals surface area contributed by atoms with Gasteiger partial charge in [0.1, 0.15) is 12.4 Å². The molecule has 1 aromatic heterocycles. The molecule has 0 bridgehead atoms. The highest BCUT2D eigenvalue weighted by atomic mass is 16.5. The number of benzene rings is 1. The van der Waals surface area contributed by atoms with Gasteiger partial charge in [0.05, 0.1) is 24.7 Å². The smallest absolute Gasteiger partial charge is 0.318 e. The number of anilines is 2. The number of hydrogen-bond donors (Lipinski definition) is 0. The molecule has 2 saturated heterocycles. The number of ether oxygens (including phenoxy) is 1. The predicted molar refractivity (Wildman–Crippen MR) is 143 cm³/mol. The average Bonchev–Trinajstić information content (AvgIpc) is 3.29. The summed E-state index contributed by atoms with van der Waals surface area (Å²) in [6.07, 6.45) is 3.80. The van der Waals surface area contributed by atoms with Gasteiger partial charge in [0, 0.05) is 49.5 Å². The van der Waals surface area contributed by atoms with Crippen LogP contribution in [-0.4, -0.2) is 85.3 Å². The Labute approximate surface area is 215 Å². The molecule has 3 aliphatic rings. The lowest BCUT2D eigenvalue weighted by Crippen LogP contribution is -2.52. The third-order valence-corrected chi connectivity index (χ3v) is 8.42. The molecule has 36 heavy (non-hydrogen) atoms. The first kappa shape index (κ1) is 24.8. The van der Waals surface area contributed by atoms with Crippen molar-refractivity contribution in [2.45, 2.75) is 58.2 Å². The molecule has 1 aromatic carbocycles. The molecule has 5 rings (SSSR count). The van der Waals surface area contributed by atoms with Gasteiger partial charge in [-0.05, 0) is 70.9 Å². The number of fused-ring (bicyclic) bond motifs is 1. The zero-order valence-electron chi connectivity index (χ0n) is 22.2. The van der Waals surface area contributed by atoms with E-state index in [2.05, 4.69) is 71.8 Å². The van der Waals surface area contributed by atoms with E-state index >= 15 is 0 Å². The SMILES string of the molecule is Cc1cccc(N2CCc3c(nc(OC[C@@H]4CCCN4C)nc3N3CCN(C)[C@@H](CC#N)C3)C2)c1C. The minimum atomic E-state index is 0.209.